The van der Waals surface area contributed by atoms with Gasteiger partial charge in [0.2, 0.25) is 0 Å². The third-order valence-electron chi connectivity index (χ3n) is 6.42. The number of pyridine rings is 2. The number of hydrogen-bond donors (Lipinski definition) is 1. The van der Waals surface area contributed by atoms with Crippen LogP contribution in [0.25, 0.3) is 16.8 Å². The van der Waals surface area contributed by atoms with Crippen LogP contribution in [-0.4, -0.2) is 66.3 Å². The van der Waals surface area contributed by atoms with E-state index in [2.05, 4.69) is 10.1 Å². The van der Waals surface area contributed by atoms with Crippen molar-refractivity contribution in [2.24, 2.45) is 0 Å². The average molecular weight is 539 g/mol. The van der Waals surface area contributed by atoms with Crippen LogP contribution in [0, 0.1) is 12.7 Å². The number of aliphatic hydroxyl groups is 1. The van der Waals surface area contributed by atoms with Gasteiger partial charge in [-0.15, -0.1) is 0 Å². The zero-order valence-electron chi connectivity index (χ0n) is 22.5. The summed E-state index contributed by atoms with van der Waals surface area (Å²) in [6, 6.07) is 4.46. The second-order valence-corrected chi connectivity index (χ2v) is 10.4. The first-order valence-corrected chi connectivity index (χ1v) is 12.6. The largest absolute Gasteiger partial charge is 0.493 e. The zero-order valence-corrected chi connectivity index (χ0v) is 22.5. The molecule has 206 valence electrons. The summed E-state index contributed by atoms with van der Waals surface area (Å²) in [5.41, 5.74) is 3.59. The summed E-state index contributed by atoms with van der Waals surface area (Å²) < 4.78 is 33.8. The van der Waals surface area contributed by atoms with E-state index in [9.17, 15) is 14.3 Å². The fourth-order valence-corrected chi connectivity index (χ4v) is 4.49. The number of halogens is 1. The summed E-state index contributed by atoms with van der Waals surface area (Å²) in [5, 5.41) is 19.8. The van der Waals surface area contributed by atoms with Crippen LogP contribution in [0.4, 0.5) is 9.18 Å². The Kier molecular flexibility index (Phi) is 6.89. The number of aromatic nitrogens is 5. The molecule has 0 fully saturated rings. The molecule has 4 aromatic rings. The van der Waals surface area contributed by atoms with Crippen molar-refractivity contribution < 1.29 is 28.5 Å². The molecule has 0 radical (unpaired) electrons. The maximum Gasteiger partial charge on any atom is 0.410 e. The molecule has 4 aromatic heterocycles. The van der Waals surface area contributed by atoms with Crippen molar-refractivity contribution >= 4 is 11.6 Å². The Labute approximate surface area is 224 Å². The van der Waals surface area contributed by atoms with E-state index in [4.69, 9.17) is 19.3 Å². The normalized spacial score (nSPS) is 14.3. The standard InChI is InChI=1S/C27H31FN6O5/c1-16-20-14-32(26(36)39-27(2,3)4)8-9-33(20)31-24(16)17-10-22(25-23(37-5)12-30-34(25)13-17)38-15-21(35)19-7-6-18(28)11-29-19/h6-7,10-13,21,35H,8-9,14-15H2,1-5H3. The van der Waals surface area contributed by atoms with Crippen LogP contribution in [0.3, 0.4) is 0 Å². The molecule has 0 saturated heterocycles. The SMILES string of the molecule is COc1cnn2cc(-c3nn4c(c3C)CN(C(=O)OC(C)(C)C)CC4)cc(OCC(O)c3ccc(F)cn3)c12. The Bertz CT molecular complexity index is 1510. The Morgan fingerprint density at radius 1 is 1.21 bits per heavy atom. The second kappa shape index (κ2) is 10.2. The van der Waals surface area contributed by atoms with Gasteiger partial charge in [0, 0.05) is 23.9 Å². The van der Waals surface area contributed by atoms with Gasteiger partial charge in [0.05, 0.1) is 49.7 Å². The highest BCUT2D eigenvalue weighted by molar-refractivity contribution is 5.76. The molecule has 12 heteroatoms. The molecular formula is C27H31FN6O5. The third kappa shape index (κ3) is 5.37. The molecule has 1 unspecified atom stereocenters. The highest BCUT2D eigenvalue weighted by atomic mass is 19.1. The minimum atomic E-state index is -1.08. The van der Waals surface area contributed by atoms with Crippen LogP contribution in [0.5, 0.6) is 11.5 Å². The number of rotatable bonds is 6. The number of aliphatic hydroxyl groups excluding tert-OH is 1. The minimum Gasteiger partial charge on any atom is -0.493 e. The van der Waals surface area contributed by atoms with Crippen molar-refractivity contribution in [3.8, 4) is 22.8 Å². The molecule has 0 saturated carbocycles. The highest BCUT2D eigenvalue weighted by Gasteiger charge is 2.29. The number of carbonyl (C=O) groups is 1. The van der Waals surface area contributed by atoms with Crippen LogP contribution >= 0.6 is 0 Å². The molecule has 0 spiro atoms. The van der Waals surface area contributed by atoms with E-state index in [1.54, 1.807) is 15.6 Å². The second-order valence-electron chi connectivity index (χ2n) is 10.4. The molecule has 1 amide bonds. The van der Waals surface area contributed by atoms with Crippen LogP contribution in [0.15, 0.2) is 36.8 Å². The number of methoxy groups -OCH3 is 1. The summed E-state index contributed by atoms with van der Waals surface area (Å²) in [6.07, 6.45) is 3.02. The fraction of sp³-hybridized carbons (Fsp3) is 0.407. The molecule has 0 aromatic carbocycles. The first-order valence-electron chi connectivity index (χ1n) is 12.6. The quantitative estimate of drug-likeness (QED) is 0.393. The summed E-state index contributed by atoms with van der Waals surface area (Å²) in [6.45, 7) is 8.77. The summed E-state index contributed by atoms with van der Waals surface area (Å²) >= 11 is 0. The Balaban J connectivity index is 1.45. The Hall–Kier alpha value is -4.19. The Morgan fingerprint density at radius 3 is 2.69 bits per heavy atom. The van der Waals surface area contributed by atoms with Gasteiger partial charge in [0.1, 0.15) is 29.9 Å². The van der Waals surface area contributed by atoms with Gasteiger partial charge in [-0.25, -0.2) is 13.7 Å². The molecule has 1 N–H and O–H groups in total. The molecule has 5 heterocycles. The lowest BCUT2D eigenvalue weighted by atomic mass is 10.1. The maximum absolute atomic E-state index is 13.2. The van der Waals surface area contributed by atoms with Gasteiger partial charge >= 0.3 is 6.09 Å². The van der Waals surface area contributed by atoms with Gasteiger partial charge < -0.3 is 24.2 Å². The Morgan fingerprint density at radius 2 is 2.00 bits per heavy atom. The van der Waals surface area contributed by atoms with E-state index in [1.807, 2.05) is 44.6 Å². The van der Waals surface area contributed by atoms with Crippen LogP contribution in [-0.2, 0) is 17.8 Å². The predicted octanol–water partition coefficient (Wildman–Crippen LogP) is 3.91. The maximum atomic E-state index is 13.2. The fourth-order valence-electron chi connectivity index (χ4n) is 4.49. The minimum absolute atomic E-state index is 0.129. The molecule has 11 nitrogen and oxygen atoms in total. The van der Waals surface area contributed by atoms with E-state index < -0.39 is 17.5 Å². The third-order valence-corrected chi connectivity index (χ3v) is 6.42. The lowest BCUT2D eigenvalue weighted by molar-refractivity contribution is 0.0194. The van der Waals surface area contributed by atoms with E-state index >= 15 is 0 Å². The van der Waals surface area contributed by atoms with Crippen LogP contribution in [0.1, 0.15) is 43.8 Å². The lowest BCUT2D eigenvalue weighted by Gasteiger charge is -2.30. The first kappa shape index (κ1) is 26.4. The molecule has 0 bridgehead atoms. The van der Waals surface area contributed by atoms with Crippen molar-refractivity contribution in [2.75, 3.05) is 20.3 Å². The molecule has 1 aliphatic heterocycles. The van der Waals surface area contributed by atoms with E-state index in [1.165, 1.54) is 19.2 Å². The number of nitrogens with zero attached hydrogens (tertiary/aromatic N) is 6. The predicted molar refractivity (Wildman–Crippen MR) is 139 cm³/mol. The summed E-state index contributed by atoms with van der Waals surface area (Å²) in [4.78, 5) is 18.3. The van der Waals surface area contributed by atoms with E-state index in [-0.39, 0.29) is 18.4 Å². The summed E-state index contributed by atoms with van der Waals surface area (Å²) in [7, 11) is 1.54. The van der Waals surface area contributed by atoms with Gasteiger partial charge in [-0.2, -0.15) is 10.2 Å². The van der Waals surface area contributed by atoms with Crippen LogP contribution < -0.4 is 9.47 Å². The van der Waals surface area contributed by atoms with Crippen molar-refractivity contribution in [2.45, 2.75) is 52.5 Å². The van der Waals surface area contributed by atoms with Gasteiger partial charge in [0.25, 0.3) is 0 Å². The van der Waals surface area contributed by atoms with Crippen molar-refractivity contribution in [3.63, 3.8) is 0 Å². The number of amides is 1. The van der Waals surface area contributed by atoms with Crippen molar-refractivity contribution in [1.29, 1.82) is 0 Å². The van der Waals surface area contributed by atoms with Gasteiger partial charge in [-0.3, -0.25) is 9.67 Å². The highest BCUT2D eigenvalue weighted by Crippen LogP contribution is 2.36. The van der Waals surface area contributed by atoms with E-state index in [0.29, 0.717) is 36.6 Å². The molecule has 5 rings (SSSR count). The first-order chi connectivity index (χ1) is 18.5. The lowest BCUT2D eigenvalue weighted by Crippen LogP contribution is -2.41. The number of hydrogen-bond acceptors (Lipinski definition) is 8. The van der Waals surface area contributed by atoms with Gasteiger partial charge in [-0.05, 0) is 45.9 Å². The summed E-state index contributed by atoms with van der Waals surface area (Å²) in [5.74, 6) is 0.432. The average Bonchev–Trinajstić information content (AvgIpc) is 3.47. The molecule has 1 aliphatic rings. The number of carbonyl (C=O) groups excluding carboxylic acids is 1. The van der Waals surface area contributed by atoms with Crippen molar-refractivity contribution in [1.82, 2.24) is 29.3 Å². The smallest absolute Gasteiger partial charge is 0.410 e. The number of fused-ring (bicyclic) bond motifs is 2. The van der Waals surface area contributed by atoms with Gasteiger partial charge in [0.15, 0.2) is 11.3 Å². The molecular weight excluding hydrogens is 507 g/mol. The van der Waals surface area contributed by atoms with Gasteiger partial charge in [-0.1, -0.05) is 0 Å². The molecule has 0 aliphatic carbocycles. The monoisotopic (exact) mass is 538 g/mol. The molecule has 39 heavy (non-hydrogen) atoms. The van der Waals surface area contributed by atoms with E-state index in [0.717, 1.165) is 28.7 Å². The zero-order chi connectivity index (χ0) is 27.9. The van der Waals surface area contributed by atoms with Crippen molar-refractivity contribution in [3.05, 3.63) is 59.6 Å². The molecule has 1 atom stereocenters. The topological polar surface area (TPSA) is 116 Å². The van der Waals surface area contributed by atoms with Crippen LogP contribution in [0.2, 0.25) is 0 Å². The number of ether oxygens (including phenoxy) is 3.